The number of carbonyl (C=O) groups is 1. The smallest absolute Gasteiger partial charge is 0.340 e. The highest BCUT2D eigenvalue weighted by Gasteiger charge is 2.43. The molecule has 0 saturated carbocycles. The molecule has 2 aliphatic heterocycles. The number of thiophene rings is 1. The molecule has 0 unspecified atom stereocenters. The number of para-hydroxylation sites is 1. The van der Waals surface area contributed by atoms with E-state index in [4.69, 9.17) is 19.3 Å². The summed E-state index contributed by atoms with van der Waals surface area (Å²) < 4.78 is 17.0. The number of hydrogen-bond acceptors (Lipinski definition) is 7. The van der Waals surface area contributed by atoms with Crippen LogP contribution < -0.4 is 14.2 Å². The predicted molar refractivity (Wildman–Crippen MR) is 116 cm³/mol. The zero-order valence-corrected chi connectivity index (χ0v) is 17.8. The highest BCUT2D eigenvalue weighted by Crippen LogP contribution is 2.49. The van der Waals surface area contributed by atoms with E-state index >= 15 is 0 Å². The Bertz CT molecular complexity index is 1170. The molecule has 3 heterocycles. The lowest BCUT2D eigenvalue weighted by atomic mass is 9.96. The second-order valence-corrected chi connectivity index (χ2v) is 8.15. The fourth-order valence-electron chi connectivity index (χ4n) is 4.20. The maximum Gasteiger partial charge on any atom is 0.340 e. The third-order valence-corrected chi connectivity index (χ3v) is 6.48. The molecule has 0 fully saturated rings. The van der Waals surface area contributed by atoms with Crippen LogP contribution >= 0.6 is 11.3 Å². The molecule has 2 aliphatic rings. The van der Waals surface area contributed by atoms with Crippen LogP contribution in [0.4, 0.5) is 0 Å². The van der Waals surface area contributed by atoms with Crippen LogP contribution in [-0.4, -0.2) is 36.0 Å². The minimum atomic E-state index is -1.12. The molecule has 5 rings (SSSR count). The molecule has 1 N–H and O–H groups in total. The summed E-state index contributed by atoms with van der Waals surface area (Å²) in [5.74, 6) is 0.114. The molecule has 0 radical (unpaired) electrons. The molecule has 2 atom stereocenters. The summed E-state index contributed by atoms with van der Waals surface area (Å²) in [5.41, 5.74) is 2.46. The summed E-state index contributed by atoms with van der Waals surface area (Å²) in [6, 6.07) is 15.2. The molecule has 0 saturated heterocycles. The Balaban J connectivity index is 1.68. The van der Waals surface area contributed by atoms with Crippen molar-refractivity contribution in [1.82, 2.24) is 5.01 Å². The van der Waals surface area contributed by atoms with E-state index in [1.165, 1.54) is 14.2 Å². The van der Waals surface area contributed by atoms with Gasteiger partial charge >= 0.3 is 5.97 Å². The van der Waals surface area contributed by atoms with Crippen molar-refractivity contribution in [3.8, 4) is 17.2 Å². The van der Waals surface area contributed by atoms with Crippen molar-refractivity contribution in [3.63, 3.8) is 0 Å². The molecule has 0 bridgehead atoms. The van der Waals surface area contributed by atoms with E-state index in [1.807, 2.05) is 46.8 Å². The summed E-state index contributed by atoms with van der Waals surface area (Å²) in [7, 11) is 2.90. The Morgan fingerprint density at radius 1 is 1.13 bits per heavy atom. The van der Waals surface area contributed by atoms with E-state index in [-0.39, 0.29) is 17.4 Å². The number of carboxylic acids is 1. The Kier molecular flexibility index (Phi) is 4.78. The molecule has 158 valence electrons. The number of hydrazone groups is 1. The standard InChI is InChI=1S/C23H20N2O5S/c1-28-18-10-9-14(20(23(26)27)21(18)29-2)22-25-16(13-6-3-4-7-17(13)30-22)12-15(24-25)19-8-5-11-31-19/h3-11,16,22H,12H2,1-2H3,(H,26,27)/t16-,22-/m0/s1. The minimum absolute atomic E-state index is 0.00440. The maximum absolute atomic E-state index is 12.3. The molecule has 0 spiro atoms. The Hall–Kier alpha value is -3.52. The highest BCUT2D eigenvalue weighted by atomic mass is 32.1. The Morgan fingerprint density at radius 3 is 2.68 bits per heavy atom. The maximum atomic E-state index is 12.3. The third kappa shape index (κ3) is 3.11. The zero-order chi connectivity index (χ0) is 21.5. The van der Waals surface area contributed by atoms with E-state index in [2.05, 4.69) is 0 Å². The van der Waals surface area contributed by atoms with Crippen LogP contribution in [0.3, 0.4) is 0 Å². The third-order valence-electron chi connectivity index (χ3n) is 5.56. The fourth-order valence-corrected chi connectivity index (χ4v) is 4.92. The quantitative estimate of drug-likeness (QED) is 0.624. The lowest BCUT2D eigenvalue weighted by Gasteiger charge is -2.38. The Morgan fingerprint density at radius 2 is 1.97 bits per heavy atom. The van der Waals surface area contributed by atoms with E-state index in [1.54, 1.807) is 23.5 Å². The van der Waals surface area contributed by atoms with Crippen LogP contribution in [0.2, 0.25) is 0 Å². The van der Waals surface area contributed by atoms with E-state index < -0.39 is 12.2 Å². The Labute approximate surface area is 183 Å². The van der Waals surface area contributed by atoms with Crippen LogP contribution in [0.1, 0.15) is 45.1 Å². The molecule has 8 heteroatoms. The first-order valence-electron chi connectivity index (χ1n) is 9.75. The van der Waals surface area contributed by atoms with Gasteiger partial charge in [0.05, 0.1) is 30.9 Å². The number of ether oxygens (including phenoxy) is 3. The topological polar surface area (TPSA) is 80.6 Å². The summed E-state index contributed by atoms with van der Waals surface area (Å²) in [6.45, 7) is 0. The SMILES string of the molecule is COc1ccc([C@@H]2Oc3ccccc3[C@@H]3CC(c4cccs4)=NN32)c(C(=O)O)c1OC. The van der Waals surface area contributed by atoms with Gasteiger partial charge in [-0.15, -0.1) is 11.3 Å². The average Bonchev–Trinajstić information content (AvgIpc) is 3.47. The van der Waals surface area contributed by atoms with Gasteiger partial charge in [-0.05, 0) is 29.6 Å². The van der Waals surface area contributed by atoms with Crippen molar-refractivity contribution >= 4 is 23.0 Å². The van der Waals surface area contributed by atoms with Gasteiger partial charge in [-0.3, -0.25) is 0 Å². The molecule has 7 nitrogen and oxygen atoms in total. The van der Waals surface area contributed by atoms with Crippen molar-refractivity contribution in [2.75, 3.05) is 14.2 Å². The molecule has 31 heavy (non-hydrogen) atoms. The van der Waals surface area contributed by atoms with Crippen molar-refractivity contribution in [2.45, 2.75) is 18.7 Å². The fraction of sp³-hybridized carbons (Fsp3) is 0.217. The van der Waals surface area contributed by atoms with Gasteiger partial charge in [0.15, 0.2) is 11.5 Å². The second kappa shape index (κ2) is 7.63. The first-order valence-corrected chi connectivity index (χ1v) is 10.6. The van der Waals surface area contributed by atoms with Gasteiger partial charge in [-0.2, -0.15) is 5.10 Å². The van der Waals surface area contributed by atoms with Crippen molar-refractivity contribution in [1.29, 1.82) is 0 Å². The van der Waals surface area contributed by atoms with Crippen LogP contribution in [0.25, 0.3) is 0 Å². The van der Waals surface area contributed by atoms with Gasteiger partial charge < -0.3 is 19.3 Å². The second-order valence-electron chi connectivity index (χ2n) is 7.20. The van der Waals surface area contributed by atoms with Crippen LogP contribution in [0, 0.1) is 0 Å². The van der Waals surface area contributed by atoms with E-state index in [0.717, 1.165) is 21.9 Å². The lowest BCUT2D eigenvalue weighted by molar-refractivity contribution is -0.0199. The molecule has 3 aromatic rings. The molecule has 2 aromatic carbocycles. The first-order chi connectivity index (χ1) is 15.1. The summed E-state index contributed by atoms with van der Waals surface area (Å²) in [4.78, 5) is 13.4. The molecular formula is C23H20N2O5S. The predicted octanol–water partition coefficient (Wildman–Crippen LogP) is 4.71. The van der Waals surface area contributed by atoms with Crippen LogP contribution in [0.5, 0.6) is 17.2 Å². The number of nitrogens with zero attached hydrogens (tertiary/aromatic N) is 2. The first kappa shape index (κ1) is 19.4. The number of fused-ring (bicyclic) bond motifs is 3. The van der Waals surface area contributed by atoms with E-state index in [9.17, 15) is 9.90 Å². The number of hydrogen-bond donors (Lipinski definition) is 1. The molecule has 0 aliphatic carbocycles. The molecular weight excluding hydrogens is 416 g/mol. The monoisotopic (exact) mass is 436 g/mol. The minimum Gasteiger partial charge on any atom is -0.493 e. The van der Waals surface area contributed by atoms with Gasteiger partial charge in [-0.1, -0.05) is 24.3 Å². The number of aromatic carboxylic acids is 1. The van der Waals surface area contributed by atoms with Crippen molar-refractivity contribution < 1.29 is 24.1 Å². The van der Waals surface area contributed by atoms with Crippen LogP contribution in [0.15, 0.2) is 59.0 Å². The summed E-state index contributed by atoms with van der Waals surface area (Å²) in [6.07, 6.45) is -0.00384. The highest BCUT2D eigenvalue weighted by molar-refractivity contribution is 7.12. The van der Waals surface area contributed by atoms with E-state index in [0.29, 0.717) is 17.7 Å². The normalized spacial score (nSPS) is 19.2. The van der Waals surface area contributed by atoms with Crippen LogP contribution in [-0.2, 0) is 0 Å². The van der Waals surface area contributed by atoms with Crippen molar-refractivity contribution in [2.24, 2.45) is 5.10 Å². The summed E-state index contributed by atoms with van der Waals surface area (Å²) in [5, 5.41) is 18.8. The van der Waals surface area contributed by atoms with Gasteiger partial charge in [0, 0.05) is 17.5 Å². The summed E-state index contributed by atoms with van der Waals surface area (Å²) >= 11 is 1.63. The van der Waals surface area contributed by atoms with Crippen molar-refractivity contribution in [3.05, 3.63) is 75.5 Å². The number of rotatable bonds is 5. The van der Waals surface area contributed by atoms with Gasteiger partial charge in [0.1, 0.15) is 11.3 Å². The van der Waals surface area contributed by atoms with Gasteiger partial charge in [0.25, 0.3) is 0 Å². The van der Waals surface area contributed by atoms with Gasteiger partial charge in [0.2, 0.25) is 6.23 Å². The largest absolute Gasteiger partial charge is 0.493 e. The lowest BCUT2D eigenvalue weighted by Crippen LogP contribution is -2.34. The van der Waals surface area contributed by atoms with Gasteiger partial charge in [-0.25, -0.2) is 9.80 Å². The number of carboxylic acid groups (broad SMARTS) is 1. The molecule has 1 aromatic heterocycles. The number of methoxy groups -OCH3 is 2. The molecule has 0 amide bonds. The average molecular weight is 436 g/mol. The number of benzene rings is 2. The zero-order valence-electron chi connectivity index (χ0n) is 16.9.